The third-order valence-electron chi connectivity index (χ3n) is 4.57. The first-order valence-electron chi connectivity index (χ1n) is 7.31. The average molecular weight is 518 g/mol. The molecule has 1 heterocycles. The first-order chi connectivity index (χ1) is 9.61. The third kappa shape index (κ3) is 3.42. The van der Waals surface area contributed by atoms with Crippen molar-refractivity contribution in [3.63, 3.8) is 0 Å². The van der Waals surface area contributed by atoms with Gasteiger partial charge in [-0.3, -0.25) is 0 Å². The summed E-state index contributed by atoms with van der Waals surface area (Å²) in [4.78, 5) is 12.6. The average Bonchev–Trinajstić information content (AvgIpc) is 2.88. The number of esters is 1. The summed E-state index contributed by atoms with van der Waals surface area (Å²) in [5, 5.41) is 10.5. The van der Waals surface area contributed by atoms with Gasteiger partial charge in [-0.05, 0) is 0 Å². The molecule has 4 nitrogen and oxygen atoms in total. The number of carbonyl (C=O) groups is 1. The molecule has 2 N–H and O–H groups in total. The molecule has 3 rings (SSSR count). The molecule has 1 aliphatic heterocycles. The molecular weight excluding hydrogens is 496 g/mol. The molecule has 5 atom stereocenters. The van der Waals surface area contributed by atoms with Gasteiger partial charge in [0.15, 0.2) is 0 Å². The van der Waals surface area contributed by atoms with Gasteiger partial charge in [0.05, 0.1) is 0 Å². The van der Waals surface area contributed by atoms with Crippen LogP contribution >= 0.6 is 22.6 Å². The SMILES string of the molecule is CC1(O)CC2CC2=CC(C)(OC(=O)C(C)(I)C2C[I-]N2)C1. The van der Waals surface area contributed by atoms with Crippen molar-refractivity contribution in [2.45, 2.75) is 60.7 Å². The van der Waals surface area contributed by atoms with Crippen LogP contribution in [0.25, 0.3) is 0 Å². The van der Waals surface area contributed by atoms with Gasteiger partial charge in [0.2, 0.25) is 0 Å². The van der Waals surface area contributed by atoms with Gasteiger partial charge < -0.3 is 0 Å². The Balaban J connectivity index is 1.76. The van der Waals surface area contributed by atoms with E-state index in [1.165, 1.54) is 5.57 Å². The Kier molecular flexibility index (Phi) is 4.16. The van der Waals surface area contributed by atoms with E-state index in [4.69, 9.17) is 4.74 Å². The Morgan fingerprint density at radius 2 is 2.29 bits per heavy atom. The van der Waals surface area contributed by atoms with Crippen molar-refractivity contribution in [1.29, 1.82) is 0 Å². The molecule has 0 aromatic rings. The van der Waals surface area contributed by atoms with Gasteiger partial charge in [0.25, 0.3) is 0 Å². The Morgan fingerprint density at radius 3 is 2.86 bits per heavy atom. The van der Waals surface area contributed by atoms with E-state index in [-0.39, 0.29) is 33.5 Å². The Hall–Kier alpha value is 0.590. The van der Waals surface area contributed by atoms with Crippen LogP contribution in [0.2, 0.25) is 0 Å². The summed E-state index contributed by atoms with van der Waals surface area (Å²) in [7, 11) is 0. The number of allylic oxidation sites excluding steroid dienone is 1. The number of aliphatic hydroxyl groups is 1. The molecule has 0 aromatic carbocycles. The molecule has 5 unspecified atom stereocenters. The minimum absolute atomic E-state index is 0.0904. The van der Waals surface area contributed by atoms with Crippen LogP contribution in [-0.4, -0.2) is 36.2 Å². The number of hydrogen-bond donors (Lipinski definition) is 2. The van der Waals surface area contributed by atoms with Crippen LogP contribution in [-0.2, 0) is 9.53 Å². The van der Waals surface area contributed by atoms with Crippen molar-refractivity contribution in [1.82, 2.24) is 3.53 Å². The fourth-order valence-electron chi connectivity index (χ4n) is 3.33. The van der Waals surface area contributed by atoms with E-state index in [1.54, 1.807) is 0 Å². The zero-order chi connectivity index (χ0) is 15.5. The molecule has 0 radical (unpaired) electrons. The van der Waals surface area contributed by atoms with Crippen molar-refractivity contribution in [2.24, 2.45) is 5.92 Å². The van der Waals surface area contributed by atoms with Crippen molar-refractivity contribution >= 4 is 28.6 Å². The molecule has 3 aliphatic rings. The fourth-order valence-corrected chi connectivity index (χ4v) is 7.64. The number of hydrogen-bond acceptors (Lipinski definition) is 4. The quantitative estimate of drug-likeness (QED) is 0.165. The number of halogens is 2. The van der Waals surface area contributed by atoms with Gasteiger partial charge in [-0.25, -0.2) is 0 Å². The van der Waals surface area contributed by atoms with Crippen LogP contribution in [0.15, 0.2) is 11.6 Å². The van der Waals surface area contributed by atoms with Crippen LogP contribution in [0.3, 0.4) is 0 Å². The van der Waals surface area contributed by atoms with Crippen LogP contribution in [0.5, 0.6) is 0 Å². The van der Waals surface area contributed by atoms with Gasteiger partial charge in [-0.15, -0.1) is 0 Å². The normalized spacial score (nSPS) is 44.9. The standard InChI is InChI=1S/C15H22I2NO3/c1-13(20)5-9-4-10(9)6-14(2,8-13)21-12(19)15(3,16)11-7-17-18-11/h6,9,11,18,20H,4-5,7-8H2,1-3H3/q-1. The Morgan fingerprint density at radius 1 is 1.62 bits per heavy atom. The first-order valence-corrected chi connectivity index (χ1v) is 11.0. The molecular formula is C15H22I2NO3-. The molecule has 0 spiro atoms. The minimum atomic E-state index is -0.768. The van der Waals surface area contributed by atoms with Gasteiger partial charge in [-0.2, -0.15) is 0 Å². The van der Waals surface area contributed by atoms with E-state index in [9.17, 15) is 9.90 Å². The summed E-state index contributed by atoms with van der Waals surface area (Å²) in [6.45, 7) is 5.73. The first kappa shape index (κ1) is 16.4. The van der Waals surface area contributed by atoms with Gasteiger partial charge in [0, 0.05) is 0 Å². The number of carbonyl (C=O) groups excluding carboxylic acids is 1. The second-order valence-corrected chi connectivity index (χ2v) is 11.7. The van der Waals surface area contributed by atoms with E-state index in [0.717, 1.165) is 17.3 Å². The van der Waals surface area contributed by atoms with E-state index in [2.05, 4.69) is 32.2 Å². The molecule has 2 fully saturated rings. The summed E-state index contributed by atoms with van der Waals surface area (Å²) in [5.41, 5.74) is -0.117. The molecule has 0 amide bonds. The van der Waals surface area contributed by atoms with Gasteiger partial charge >= 0.3 is 151 Å². The molecule has 0 aromatic heterocycles. The predicted molar refractivity (Wildman–Crippen MR) is 84.8 cm³/mol. The van der Waals surface area contributed by atoms with Crippen molar-refractivity contribution in [3.05, 3.63) is 11.6 Å². The maximum atomic E-state index is 12.6. The Bertz CT molecular complexity index is 499. The third-order valence-corrected chi connectivity index (χ3v) is 8.28. The predicted octanol–water partition coefficient (Wildman–Crippen LogP) is -1.05. The van der Waals surface area contributed by atoms with Crippen LogP contribution in [0.1, 0.15) is 40.0 Å². The summed E-state index contributed by atoms with van der Waals surface area (Å²) < 4.78 is 9.89. The number of nitrogens with one attached hydrogen (secondary N) is 1. The molecule has 1 saturated heterocycles. The molecule has 1 saturated carbocycles. The summed E-state index contributed by atoms with van der Waals surface area (Å²) in [5.74, 6) is 0.322. The molecule has 2 aliphatic carbocycles. The molecule has 6 heteroatoms. The summed E-state index contributed by atoms with van der Waals surface area (Å²) >= 11 is 2.30. The van der Waals surface area contributed by atoms with Crippen molar-refractivity contribution in [2.75, 3.05) is 4.43 Å². The second kappa shape index (κ2) is 5.31. The zero-order valence-corrected chi connectivity index (χ0v) is 16.9. The van der Waals surface area contributed by atoms with E-state index in [1.807, 2.05) is 20.8 Å². The van der Waals surface area contributed by atoms with Crippen molar-refractivity contribution < 1.29 is 36.1 Å². The van der Waals surface area contributed by atoms with Crippen LogP contribution in [0.4, 0.5) is 0 Å². The summed E-state index contributed by atoms with van der Waals surface area (Å²) in [6, 6.07) is 0.231. The van der Waals surface area contributed by atoms with Gasteiger partial charge in [0.1, 0.15) is 0 Å². The maximum absolute atomic E-state index is 12.6. The topological polar surface area (TPSA) is 58.6 Å². The number of rotatable bonds is 3. The van der Waals surface area contributed by atoms with E-state index in [0.29, 0.717) is 12.3 Å². The van der Waals surface area contributed by atoms with E-state index < -0.39 is 14.6 Å². The number of fused-ring (bicyclic) bond motifs is 1. The monoisotopic (exact) mass is 518 g/mol. The van der Waals surface area contributed by atoms with Crippen molar-refractivity contribution in [3.8, 4) is 0 Å². The Labute approximate surface area is 150 Å². The van der Waals surface area contributed by atoms with Crippen LogP contribution in [0, 0.1) is 5.92 Å². The molecule has 120 valence electrons. The van der Waals surface area contributed by atoms with Gasteiger partial charge in [-0.1, -0.05) is 0 Å². The molecule has 0 bridgehead atoms. The molecule has 21 heavy (non-hydrogen) atoms. The van der Waals surface area contributed by atoms with Crippen LogP contribution < -0.4 is 25.0 Å². The second-order valence-electron chi connectivity index (χ2n) is 7.23. The number of ether oxygens (including phenoxy) is 1. The van der Waals surface area contributed by atoms with E-state index >= 15 is 0 Å². The fraction of sp³-hybridized carbons (Fsp3) is 0.800. The zero-order valence-electron chi connectivity index (χ0n) is 12.6. The summed E-state index contributed by atoms with van der Waals surface area (Å²) in [6.07, 6.45) is 4.38. The number of alkyl halides is 2.